The fourth-order valence-corrected chi connectivity index (χ4v) is 10.3. The minimum Gasteiger partial charge on any atom is -0.455 e. The first-order chi connectivity index (χ1) is 30.2. The third-order valence-corrected chi connectivity index (χ3v) is 13.2. The lowest BCUT2D eigenvalue weighted by atomic mass is 9.91. The Hall–Kier alpha value is -7.72. The lowest BCUT2D eigenvalue weighted by molar-refractivity contribution is 0.673. The smallest absolute Gasteiger partial charge is 0.143 e. The third-order valence-electron chi connectivity index (χ3n) is 12.1. The first kappa shape index (κ1) is 35.2. The first-order valence-corrected chi connectivity index (χ1v) is 21.6. The molecule has 286 valence electrons. The van der Waals surface area contributed by atoms with Crippen LogP contribution in [0.15, 0.2) is 229 Å². The molecule has 2 heterocycles. The molecule has 0 fully saturated rings. The molecule has 61 heavy (non-hydrogen) atoms. The average Bonchev–Trinajstić information content (AvgIpc) is 3.91. The summed E-state index contributed by atoms with van der Waals surface area (Å²) in [4.78, 5) is 2.38. The van der Waals surface area contributed by atoms with Crippen molar-refractivity contribution in [2.45, 2.75) is 0 Å². The van der Waals surface area contributed by atoms with E-state index in [1.54, 1.807) is 0 Å². The van der Waals surface area contributed by atoms with Crippen LogP contribution in [0.2, 0.25) is 0 Å². The molecule has 12 aromatic rings. The molecule has 0 radical (unpaired) electrons. The van der Waals surface area contributed by atoms with Gasteiger partial charge in [-0.25, -0.2) is 0 Å². The predicted molar refractivity (Wildman–Crippen MR) is 261 cm³/mol. The van der Waals surface area contributed by atoms with Gasteiger partial charge in [0.2, 0.25) is 0 Å². The van der Waals surface area contributed by atoms with Crippen molar-refractivity contribution < 1.29 is 4.42 Å². The second-order valence-corrected chi connectivity index (χ2v) is 16.7. The maximum atomic E-state index is 6.55. The van der Waals surface area contributed by atoms with Crippen LogP contribution < -0.4 is 4.90 Å². The molecule has 0 unspecified atom stereocenters. The molecule has 0 N–H and O–H groups in total. The Bertz CT molecular complexity index is 3570. The highest BCUT2D eigenvalue weighted by molar-refractivity contribution is 7.25. The van der Waals surface area contributed by atoms with Crippen molar-refractivity contribution >= 4 is 81.3 Å². The summed E-state index contributed by atoms with van der Waals surface area (Å²) in [5.74, 6) is 0. The van der Waals surface area contributed by atoms with Gasteiger partial charge in [-0.1, -0.05) is 164 Å². The molecular weight excluding hydrogens is 759 g/mol. The van der Waals surface area contributed by atoms with E-state index in [9.17, 15) is 0 Å². The van der Waals surface area contributed by atoms with Crippen LogP contribution in [0.5, 0.6) is 0 Å². The van der Waals surface area contributed by atoms with E-state index in [0.29, 0.717) is 0 Å². The van der Waals surface area contributed by atoms with Crippen molar-refractivity contribution in [3.63, 3.8) is 0 Å². The highest BCUT2D eigenvalue weighted by atomic mass is 32.1. The largest absolute Gasteiger partial charge is 0.455 e. The molecule has 0 aliphatic rings. The number of hydrogen-bond donors (Lipinski definition) is 0. The number of fused-ring (bicyclic) bond motifs is 8. The minimum atomic E-state index is 0.900. The predicted octanol–water partition coefficient (Wildman–Crippen LogP) is 17.2. The molecule has 0 atom stereocenters. The van der Waals surface area contributed by atoms with Crippen LogP contribution >= 0.6 is 11.3 Å². The zero-order chi connectivity index (χ0) is 40.3. The van der Waals surface area contributed by atoms with Gasteiger partial charge in [-0.3, -0.25) is 0 Å². The van der Waals surface area contributed by atoms with Gasteiger partial charge in [0, 0.05) is 53.4 Å². The zero-order valence-corrected chi connectivity index (χ0v) is 33.9. The average molecular weight is 796 g/mol. The molecule has 2 aromatic heterocycles. The van der Waals surface area contributed by atoms with Crippen LogP contribution in [0.3, 0.4) is 0 Å². The fourth-order valence-electron chi connectivity index (χ4n) is 9.14. The molecule has 0 aliphatic heterocycles. The van der Waals surface area contributed by atoms with Crippen LogP contribution in [-0.4, -0.2) is 0 Å². The first-order valence-electron chi connectivity index (χ1n) is 20.7. The molecule has 12 rings (SSSR count). The number of benzene rings is 10. The van der Waals surface area contributed by atoms with Crippen LogP contribution in [0.1, 0.15) is 0 Å². The molecule has 0 bridgehead atoms. The summed E-state index contributed by atoms with van der Waals surface area (Å²) in [6.07, 6.45) is 0. The monoisotopic (exact) mass is 795 g/mol. The number of hydrogen-bond acceptors (Lipinski definition) is 3. The summed E-state index contributed by atoms with van der Waals surface area (Å²) < 4.78 is 9.13. The summed E-state index contributed by atoms with van der Waals surface area (Å²) in [7, 11) is 0. The van der Waals surface area contributed by atoms with E-state index < -0.39 is 0 Å². The molecule has 10 aromatic carbocycles. The second-order valence-electron chi connectivity index (χ2n) is 15.6. The quantitative estimate of drug-likeness (QED) is 0.160. The maximum absolute atomic E-state index is 6.55. The van der Waals surface area contributed by atoms with Crippen molar-refractivity contribution in [3.8, 4) is 44.5 Å². The summed E-state index contributed by atoms with van der Waals surface area (Å²) in [6, 6.07) is 81.1. The van der Waals surface area contributed by atoms with Crippen LogP contribution in [0.4, 0.5) is 17.1 Å². The van der Waals surface area contributed by atoms with E-state index in [4.69, 9.17) is 4.42 Å². The van der Waals surface area contributed by atoms with Gasteiger partial charge in [0.25, 0.3) is 0 Å². The molecule has 3 heteroatoms. The molecular formula is C58H37NOS. The highest BCUT2D eigenvalue weighted by Gasteiger charge is 2.18. The standard InChI is InChI=1S/C58H37NOS/c1-3-12-39(13-4-1)47-33-27-43(36-53(47)40-14-5-2-6-15-40)38-22-28-44(29-23-38)59(46-32-35-51-50-18-9-10-21-55(50)61-56(51)37-46)45-30-24-42(25-31-45)48-19-11-20-54-57(48)52-34-26-41-16-7-8-17-49(41)58(52)60-54/h1-37H. The van der Waals surface area contributed by atoms with E-state index in [1.807, 2.05) is 11.3 Å². The van der Waals surface area contributed by atoms with Gasteiger partial charge in [-0.2, -0.15) is 0 Å². The number of anilines is 3. The lowest BCUT2D eigenvalue weighted by Crippen LogP contribution is -2.09. The minimum absolute atomic E-state index is 0.900. The number of nitrogens with zero attached hydrogens (tertiary/aromatic N) is 1. The number of thiophene rings is 1. The topological polar surface area (TPSA) is 16.4 Å². The lowest BCUT2D eigenvalue weighted by Gasteiger charge is -2.26. The SMILES string of the molecule is c1ccc(-c2ccc(-c3ccc(N(c4ccc(-c5cccc6oc7c8ccccc8ccc7c56)cc4)c4ccc5c(c4)sc4ccccc45)cc3)cc2-c2ccccc2)cc1. The molecule has 2 nitrogen and oxygen atoms in total. The summed E-state index contributed by atoms with van der Waals surface area (Å²) >= 11 is 1.85. The van der Waals surface area contributed by atoms with Crippen molar-refractivity contribution in [2.24, 2.45) is 0 Å². The van der Waals surface area contributed by atoms with Crippen molar-refractivity contribution in [1.29, 1.82) is 0 Å². The van der Waals surface area contributed by atoms with Crippen LogP contribution in [-0.2, 0) is 0 Å². The van der Waals surface area contributed by atoms with Gasteiger partial charge in [0.15, 0.2) is 0 Å². The van der Waals surface area contributed by atoms with Gasteiger partial charge in [0.1, 0.15) is 11.2 Å². The number of rotatable bonds is 7. The maximum Gasteiger partial charge on any atom is 0.143 e. The molecule has 0 saturated heterocycles. The summed E-state index contributed by atoms with van der Waals surface area (Å²) in [6.45, 7) is 0. The third kappa shape index (κ3) is 6.09. The molecule has 0 saturated carbocycles. The molecule has 0 aliphatic carbocycles. The van der Waals surface area contributed by atoms with E-state index in [2.05, 4.69) is 229 Å². The van der Waals surface area contributed by atoms with Crippen molar-refractivity contribution in [3.05, 3.63) is 224 Å². The summed E-state index contributed by atoms with van der Waals surface area (Å²) in [5, 5.41) is 7.19. The molecule has 0 spiro atoms. The van der Waals surface area contributed by atoms with Gasteiger partial charge >= 0.3 is 0 Å². The van der Waals surface area contributed by atoms with Gasteiger partial charge < -0.3 is 9.32 Å². The molecule has 0 amide bonds. The van der Waals surface area contributed by atoms with E-state index >= 15 is 0 Å². The van der Waals surface area contributed by atoms with Gasteiger partial charge in [-0.05, 0) is 111 Å². The van der Waals surface area contributed by atoms with Crippen molar-refractivity contribution in [1.82, 2.24) is 0 Å². The van der Waals surface area contributed by atoms with E-state index in [0.717, 1.165) is 55.5 Å². The Kier molecular flexibility index (Phi) is 8.39. The zero-order valence-electron chi connectivity index (χ0n) is 33.1. The highest BCUT2D eigenvalue weighted by Crippen LogP contribution is 2.44. The van der Waals surface area contributed by atoms with Gasteiger partial charge in [0.05, 0.1) is 0 Å². The Morgan fingerprint density at radius 1 is 0.328 bits per heavy atom. The Balaban J connectivity index is 0.960. The summed E-state index contributed by atoms with van der Waals surface area (Å²) in [5.41, 5.74) is 14.7. The Morgan fingerprint density at radius 2 is 0.918 bits per heavy atom. The van der Waals surface area contributed by atoms with Crippen molar-refractivity contribution in [2.75, 3.05) is 4.90 Å². The van der Waals surface area contributed by atoms with Crippen LogP contribution in [0.25, 0.3) is 97.4 Å². The Labute approximate surface area is 357 Å². The van der Waals surface area contributed by atoms with E-state index in [-0.39, 0.29) is 0 Å². The second kappa shape index (κ2) is 14.5. The van der Waals surface area contributed by atoms with E-state index in [1.165, 1.54) is 58.9 Å². The number of furan rings is 1. The fraction of sp³-hybridized carbons (Fsp3) is 0. The normalized spacial score (nSPS) is 11.6. The van der Waals surface area contributed by atoms with Crippen LogP contribution in [0, 0.1) is 0 Å². The van der Waals surface area contributed by atoms with Gasteiger partial charge in [-0.15, -0.1) is 11.3 Å². The Morgan fingerprint density at radius 3 is 1.69 bits per heavy atom.